The third-order valence-corrected chi connectivity index (χ3v) is 9.80. The number of hydrogen-bond acceptors (Lipinski definition) is 8. The van der Waals surface area contributed by atoms with Crippen LogP contribution >= 0.6 is 11.3 Å². The number of aryl methyl sites for hydroxylation is 1. The van der Waals surface area contributed by atoms with Gasteiger partial charge in [-0.3, -0.25) is 4.68 Å². The Morgan fingerprint density at radius 1 is 1.22 bits per heavy atom. The van der Waals surface area contributed by atoms with Crippen molar-refractivity contribution in [2.45, 2.75) is 28.7 Å². The lowest BCUT2D eigenvalue weighted by atomic mass is 10.00. The van der Waals surface area contributed by atoms with Crippen LogP contribution in [0.5, 0.6) is 5.75 Å². The topological polar surface area (TPSA) is 122 Å². The number of nitrogen functional groups attached to an aromatic ring is 1. The SMILES string of the molecule is Cn1cc2cc(-c3cc(-c4ccc(OCCO)cc4)c4c(N)c([S@+]([O-])C5CCC5)sc4n3)cnc2n1. The van der Waals surface area contributed by atoms with Crippen LogP contribution in [-0.4, -0.2) is 47.9 Å². The predicted molar refractivity (Wildman–Crippen MR) is 144 cm³/mol. The number of anilines is 1. The van der Waals surface area contributed by atoms with Crippen molar-refractivity contribution in [2.75, 3.05) is 18.9 Å². The first kappa shape index (κ1) is 23.2. The summed E-state index contributed by atoms with van der Waals surface area (Å²) in [5.41, 5.74) is 11.4. The molecule has 0 bridgehead atoms. The van der Waals surface area contributed by atoms with Gasteiger partial charge >= 0.3 is 0 Å². The van der Waals surface area contributed by atoms with Gasteiger partial charge in [0.1, 0.15) is 28.1 Å². The van der Waals surface area contributed by atoms with E-state index in [4.69, 9.17) is 20.6 Å². The third kappa shape index (κ3) is 4.09. The molecule has 3 N–H and O–H groups in total. The average molecular weight is 520 g/mol. The Kier molecular flexibility index (Phi) is 6.04. The molecule has 184 valence electrons. The maximum Gasteiger partial charge on any atom is 0.232 e. The highest BCUT2D eigenvalue weighted by molar-refractivity contribution is 7.94. The largest absolute Gasteiger partial charge is 0.611 e. The standard InChI is InChI=1S/C26H25N5O3S2/c1-31-14-17-11-16(13-28-24(17)30-31)21-12-20(15-5-7-18(8-6-15)34-10-9-32)22-23(27)26(35-25(22)29-21)36(33)19-3-2-4-19/h5-8,11-14,19,32H,2-4,9-10,27H2,1H3/t36-/m1/s1. The van der Waals surface area contributed by atoms with Crippen molar-refractivity contribution in [2.24, 2.45) is 7.05 Å². The summed E-state index contributed by atoms with van der Waals surface area (Å²) in [6, 6.07) is 11.7. The van der Waals surface area contributed by atoms with E-state index < -0.39 is 11.2 Å². The molecular weight excluding hydrogens is 494 g/mol. The highest BCUT2D eigenvalue weighted by atomic mass is 32.2. The molecule has 1 aromatic carbocycles. The summed E-state index contributed by atoms with van der Waals surface area (Å²) >= 11 is 0.285. The molecule has 1 aliphatic rings. The molecule has 0 aliphatic heterocycles. The molecule has 1 aliphatic carbocycles. The number of nitrogens with zero attached hydrogens (tertiary/aromatic N) is 4. The number of nitrogens with two attached hydrogens (primary N) is 1. The zero-order valence-corrected chi connectivity index (χ0v) is 21.3. The Morgan fingerprint density at radius 3 is 2.75 bits per heavy atom. The van der Waals surface area contributed by atoms with Crippen LogP contribution in [0.2, 0.25) is 0 Å². The maximum atomic E-state index is 13.3. The van der Waals surface area contributed by atoms with E-state index in [2.05, 4.69) is 10.1 Å². The van der Waals surface area contributed by atoms with E-state index in [1.54, 1.807) is 10.9 Å². The van der Waals surface area contributed by atoms with Crippen molar-refractivity contribution in [3.05, 3.63) is 48.8 Å². The quantitative estimate of drug-likeness (QED) is 0.303. The first-order valence-corrected chi connectivity index (χ1v) is 13.8. The van der Waals surface area contributed by atoms with Crippen LogP contribution in [0.25, 0.3) is 43.6 Å². The second kappa shape index (κ2) is 9.36. The highest BCUT2D eigenvalue weighted by Gasteiger charge is 2.35. The molecule has 4 aromatic heterocycles. The van der Waals surface area contributed by atoms with Gasteiger partial charge in [-0.05, 0) is 54.7 Å². The summed E-state index contributed by atoms with van der Waals surface area (Å²) in [5, 5.41) is 15.3. The summed E-state index contributed by atoms with van der Waals surface area (Å²) in [6.45, 7) is 0.193. The zero-order valence-electron chi connectivity index (χ0n) is 19.7. The number of aliphatic hydroxyl groups is 1. The van der Waals surface area contributed by atoms with Gasteiger partial charge in [-0.25, -0.2) is 9.97 Å². The van der Waals surface area contributed by atoms with E-state index in [-0.39, 0.29) is 18.5 Å². The Bertz CT molecular complexity index is 1560. The second-order valence-electron chi connectivity index (χ2n) is 8.92. The van der Waals surface area contributed by atoms with Gasteiger partial charge in [-0.15, -0.1) is 0 Å². The smallest absolute Gasteiger partial charge is 0.232 e. The molecule has 0 saturated heterocycles. The van der Waals surface area contributed by atoms with Crippen LogP contribution in [0.15, 0.2) is 53.0 Å². The van der Waals surface area contributed by atoms with E-state index in [0.29, 0.717) is 21.3 Å². The third-order valence-electron chi connectivity index (χ3n) is 6.50. The number of hydrogen-bond donors (Lipinski definition) is 2. The number of aliphatic hydroxyl groups excluding tert-OH is 1. The summed E-state index contributed by atoms with van der Waals surface area (Å²) in [5.74, 6) is 0.676. The monoisotopic (exact) mass is 519 g/mol. The highest BCUT2D eigenvalue weighted by Crippen LogP contribution is 2.46. The summed E-state index contributed by atoms with van der Waals surface area (Å²) in [4.78, 5) is 10.2. The van der Waals surface area contributed by atoms with Crippen LogP contribution in [-0.2, 0) is 18.2 Å². The van der Waals surface area contributed by atoms with Crippen LogP contribution in [0.4, 0.5) is 5.69 Å². The Labute approximate surface area is 214 Å². The van der Waals surface area contributed by atoms with Gasteiger partial charge in [-0.2, -0.15) is 5.10 Å². The fraction of sp³-hybridized carbons (Fsp3) is 0.269. The minimum atomic E-state index is -1.14. The first-order valence-electron chi connectivity index (χ1n) is 11.8. The van der Waals surface area contributed by atoms with Gasteiger partial charge in [-0.1, -0.05) is 23.5 Å². The lowest BCUT2D eigenvalue weighted by Gasteiger charge is -2.27. The van der Waals surface area contributed by atoms with E-state index in [0.717, 1.165) is 57.2 Å². The van der Waals surface area contributed by atoms with E-state index in [1.807, 2.05) is 49.6 Å². The van der Waals surface area contributed by atoms with Gasteiger partial charge in [0.25, 0.3) is 0 Å². The molecular formula is C26H25N5O3S2. The Balaban J connectivity index is 1.51. The molecule has 1 atom stereocenters. The lowest BCUT2D eigenvalue weighted by molar-refractivity contribution is 0.201. The fourth-order valence-corrected chi connectivity index (χ4v) is 7.64. The molecule has 0 radical (unpaired) electrons. The van der Waals surface area contributed by atoms with Gasteiger partial charge < -0.3 is 20.1 Å². The van der Waals surface area contributed by atoms with Crippen LogP contribution in [0.1, 0.15) is 19.3 Å². The van der Waals surface area contributed by atoms with Crippen molar-refractivity contribution in [3.63, 3.8) is 0 Å². The minimum Gasteiger partial charge on any atom is -0.611 e. The number of thiophene rings is 1. The van der Waals surface area contributed by atoms with E-state index in [9.17, 15) is 4.55 Å². The maximum absolute atomic E-state index is 13.3. The Hall–Kier alpha value is -3.18. The van der Waals surface area contributed by atoms with Crippen LogP contribution < -0.4 is 10.5 Å². The van der Waals surface area contributed by atoms with E-state index in [1.165, 1.54) is 11.3 Å². The molecule has 1 saturated carbocycles. The molecule has 8 nitrogen and oxygen atoms in total. The lowest BCUT2D eigenvalue weighted by Crippen LogP contribution is -2.28. The van der Waals surface area contributed by atoms with Crippen molar-refractivity contribution < 1.29 is 14.4 Å². The number of rotatable bonds is 7. The van der Waals surface area contributed by atoms with Gasteiger partial charge in [0.05, 0.1) is 12.3 Å². The molecule has 4 heterocycles. The van der Waals surface area contributed by atoms with Gasteiger partial charge in [0, 0.05) is 47.0 Å². The molecule has 0 spiro atoms. The minimum absolute atomic E-state index is 0.0439. The Morgan fingerprint density at radius 2 is 2.03 bits per heavy atom. The van der Waals surface area contributed by atoms with Crippen molar-refractivity contribution >= 4 is 49.5 Å². The van der Waals surface area contributed by atoms with Crippen molar-refractivity contribution in [1.29, 1.82) is 0 Å². The number of benzene rings is 1. The fourth-order valence-electron chi connectivity index (χ4n) is 4.43. The van der Waals surface area contributed by atoms with Crippen LogP contribution in [0, 0.1) is 0 Å². The summed E-state index contributed by atoms with van der Waals surface area (Å²) < 4.78 is 21.3. The number of ether oxygens (including phenoxy) is 1. The normalized spacial score (nSPS) is 14.9. The zero-order chi connectivity index (χ0) is 24.8. The summed E-state index contributed by atoms with van der Waals surface area (Å²) in [7, 11) is 1.87. The van der Waals surface area contributed by atoms with Crippen LogP contribution in [0.3, 0.4) is 0 Å². The van der Waals surface area contributed by atoms with E-state index >= 15 is 0 Å². The number of pyridine rings is 2. The second-order valence-corrected chi connectivity index (χ2v) is 11.9. The molecule has 36 heavy (non-hydrogen) atoms. The molecule has 10 heteroatoms. The van der Waals surface area contributed by atoms with Crippen molar-refractivity contribution in [1.82, 2.24) is 19.7 Å². The van der Waals surface area contributed by atoms with Gasteiger partial charge in [0.2, 0.25) is 4.21 Å². The van der Waals surface area contributed by atoms with Gasteiger partial charge in [0.15, 0.2) is 5.65 Å². The number of aromatic nitrogens is 4. The summed E-state index contributed by atoms with van der Waals surface area (Å²) in [6.07, 6.45) is 6.77. The molecule has 5 aromatic rings. The molecule has 1 fully saturated rings. The molecule has 0 unspecified atom stereocenters. The predicted octanol–water partition coefficient (Wildman–Crippen LogP) is 4.53. The first-order chi connectivity index (χ1) is 17.5. The number of fused-ring (bicyclic) bond motifs is 2. The molecule has 6 rings (SSSR count). The molecule has 0 amide bonds. The van der Waals surface area contributed by atoms with Crippen molar-refractivity contribution in [3.8, 4) is 28.1 Å². The average Bonchev–Trinajstić information content (AvgIpc) is 3.39.